The van der Waals surface area contributed by atoms with Crippen molar-refractivity contribution in [1.82, 2.24) is 24.5 Å². The van der Waals surface area contributed by atoms with Gasteiger partial charge in [0, 0.05) is 39.7 Å². The Balaban J connectivity index is 0.981. The van der Waals surface area contributed by atoms with Crippen molar-refractivity contribution in [3.05, 3.63) is 260 Å². The molecule has 12 rings (SSSR count). The summed E-state index contributed by atoms with van der Waals surface area (Å²) in [4.78, 5) is 20.6. The van der Waals surface area contributed by atoms with E-state index in [1.54, 1.807) is 0 Å². The third kappa shape index (κ3) is 7.73. The van der Waals surface area contributed by atoms with Gasteiger partial charge in [0.15, 0.2) is 11.6 Å². The molecule has 0 radical (unpaired) electrons. The summed E-state index contributed by atoms with van der Waals surface area (Å²) < 4.78 is 2.38. The average Bonchev–Trinajstić information content (AvgIpc) is 3.76. The molecule has 1 aliphatic rings. The summed E-state index contributed by atoms with van der Waals surface area (Å²) in [7, 11) is 0. The molecule has 316 valence electrons. The van der Waals surface area contributed by atoms with Crippen molar-refractivity contribution in [2.45, 2.75) is 12.3 Å². The minimum absolute atomic E-state index is 0.0185. The first-order valence-electron chi connectivity index (χ1n) is 22.8. The lowest BCUT2D eigenvalue weighted by atomic mass is 9.83. The number of para-hydroxylation sites is 1. The number of aromatic nitrogens is 5. The van der Waals surface area contributed by atoms with Crippen molar-refractivity contribution in [3.8, 4) is 62.1 Å². The first-order valence-corrected chi connectivity index (χ1v) is 22.8. The second-order valence-electron chi connectivity index (χ2n) is 17.0. The molecule has 5 heteroatoms. The van der Waals surface area contributed by atoms with Crippen molar-refractivity contribution in [3.63, 3.8) is 0 Å². The Hall–Kier alpha value is -8.80. The van der Waals surface area contributed by atoms with Gasteiger partial charge in [-0.05, 0) is 99.5 Å². The highest BCUT2D eigenvalue weighted by atomic mass is 15.0. The monoisotopic (exact) mass is 857 g/mol. The van der Waals surface area contributed by atoms with Crippen LogP contribution in [-0.2, 0) is 0 Å². The van der Waals surface area contributed by atoms with Gasteiger partial charge in [-0.3, -0.25) is 0 Å². The summed E-state index contributed by atoms with van der Waals surface area (Å²) in [5.41, 5.74) is 17.4. The van der Waals surface area contributed by atoms with Crippen LogP contribution < -0.4 is 0 Å². The van der Waals surface area contributed by atoms with Gasteiger partial charge in [0.25, 0.3) is 0 Å². The van der Waals surface area contributed by atoms with Crippen molar-refractivity contribution >= 4 is 33.0 Å². The van der Waals surface area contributed by atoms with E-state index in [0.717, 1.165) is 62.5 Å². The Morgan fingerprint density at radius 2 is 1.03 bits per heavy atom. The van der Waals surface area contributed by atoms with Gasteiger partial charge < -0.3 is 4.57 Å². The van der Waals surface area contributed by atoms with E-state index in [-0.39, 0.29) is 5.92 Å². The first kappa shape index (κ1) is 39.8. The van der Waals surface area contributed by atoms with Crippen LogP contribution in [0, 0.1) is 0 Å². The lowest BCUT2D eigenvalue weighted by molar-refractivity contribution is 0.822. The quantitative estimate of drug-likeness (QED) is 0.145. The van der Waals surface area contributed by atoms with Gasteiger partial charge in [0.2, 0.25) is 0 Å². The van der Waals surface area contributed by atoms with E-state index in [1.807, 2.05) is 30.5 Å². The Morgan fingerprint density at radius 1 is 0.418 bits per heavy atom. The molecule has 0 amide bonds. The fourth-order valence-electron chi connectivity index (χ4n) is 9.62. The summed E-state index contributed by atoms with van der Waals surface area (Å²) in [5.74, 6) is 0.989. The molecule has 0 saturated carbocycles. The Kier molecular flexibility index (Phi) is 10.3. The smallest absolute Gasteiger partial charge is 0.198 e. The van der Waals surface area contributed by atoms with Crippen molar-refractivity contribution in [2.75, 3.05) is 0 Å². The number of rotatable bonds is 9. The maximum Gasteiger partial charge on any atom is 0.198 e. The van der Waals surface area contributed by atoms with Crippen molar-refractivity contribution in [2.24, 2.45) is 0 Å². The van der Waals surface area contributed by atoms with Crippen LogP contribution in [0.15, 0.2) is 243 Å². The largest absolute Gasteiger partial charge is 0.309 e. The fraction of sp³-hybridized carbons (Fsp3) is 0.0323. The van der Waals surface area contributed by atoms with Gasteiger partial charge in [-0.1, -0.05) is 188 Å². The summed E-state index contributed by atoms with van der Waals surface area (Å²) in [6.07, 6.45) is 7.32. The van der Waals surface area contributed by atoms with E-state index in [4.69, 9.17) is 19.9 Å². The maximum absolute atomic E-state index is 5.28. The summed E-state index contributed by atoms with van der Waals surface area (Å²) in [6.45, 7) is 0. The second kappa shape index (κ2) is 17.3. The Labute approximate surface area is 389 Å². The number of allylic oxidation sites excluding steroid dienone is 4. The number of fused-ring (bicyclic) bond motifs is 3. The molecule has 1 unspecified atom stereocenters. The van der Waals surface area contributed by atoms with Gasteiger partial charge in [0.05, 0.1) is 28.1 Å². The molecule has 0 bridgehead atoms. The molecule has 3 heterocycles. The third-order valence-electron chi connectivity index (χ3n) is 12.8. The highest BCUT2D eigenvalue weighted by molar-refractivity contribution is 6.16. The highest BCUT2D eigenvalue weighted by Gasteiger charge is 2.23. The standard InChI is InChI=1S/C62H43N5/c1-6-18-42(19-7-1)46-32-33-58-54(40-46)60-53(30-17-31-59(60)67(58)52-28-14-5-15-29-52)47-26-16-27-48(36-47)57-41-56(45-24-12-4-13-25-45)65-62(66-57)61-63-35-34-55(64-61)51-38-49(43-20-8-2-9-21-43)37-50(39-51)44-22-10-3-11-23-44/h1-38,40-41,51H,39H2. The fourth-order valence-corrected chi connectivity index (χ4v) is 9.62. The van der Waals surface area contributed by atoms with Gasteiger partial charge in [-0.15, -0.1) is 0 Å². The van der Waals surface area contributed by atoms with Crippen LogP contribution in [-0.4, -0.2) is 24.5 Å². The molecule has 5 nitrogen and oxygen atoms in total. The normalized spacial score (nSPS) is 13.6. The maximum atomic E-state index is 5.28. The highest BCUT2D eigenvalue weighted by Crippen LogP contribution is 2.42. The van der Waals surface area contributed by atoms with E-state index in [1.165, 1.54) is 44.2 Å². The van der Waals surface area contributed by atoms with Crippen molar-refractivity contribution in [1.29, 1.82) is 0 Å². The number of hydrogen-bond donors (Lipinski definition) is 0. The van der Waals surface area contributed by atoms with Gasteiger partial charge in [-0.25, -0.2) is 19.9 Å². The van der Waals surface area contributed by atoms with Gasteiger partial charge in [-0.2, -0.15) is 0 Å². The van der Waals surface area contributed by atoms with Crippen LogP contribution in [0.3, 0.4) is 0 Å². The molecular formula is C62H43N5. The zero-order chi connectivity index (χ0) is 44.5. The molecule has 0 N–H and O–H groups in total. The van der Waals surface area contributed by atoms with Crippen molar-refractivity contribution < 1.29 is 0 Å². The lowest BCUT2D eigenvalue weighted by Gasteiger charge is -2.22. The predicted octanol–water partition coefficient (Wildman–Crippen LogP) is 15.4. The van der Waals surface area contributed by atoms with Crippen LogP contribution in [0.2, 0.25) is 0 Å². The molecule has 0 aliphatic heterocycles. The summed E-state index contributed by atoms with van der Waals surface area (Å²) in [6, 6.07) is 79.1. The van der Waals surface area contributed by atoms with E-state index >= 15 is 0 Å². The summed E-state index contributed by atoms with van der Waals surface area (Å²) in [5, 5.41) is 2.40. The molecule has 8 aromatic carbocycles. The molecule has 1 atom stereocenters. The Morgan fingerprint density at radius 3 is 1.76 bits per heavy atom. The summed E-state index contributed by atoms with van der Waals surface area (Å²) >= 11 is 0. The van der Waals surface area contributed by atoms with Crippen LogP contribution >= 0.6 is 0 Å². The van der Waals surface area contributed by atoms with Gasteiger partial charge >= 0.3 is 0 Å². The van der Waals surface area contributed by atoms with Crippen LogP contribution in [0.1, 0.15) is 29.2 Å². The first-order chi connectivity index (χ1) is 33.2. The predicted molar refractivity (Wildman–Crippen MR) is 275 cm³/mol. The van der Waals surface area contributed by atoms with Gasteiger partial charge in [0.1, 0.15) is 0 Å². The molecular weight excluding hydrogens is 815 g/mol. The lowest BCUT2D eigenvalue weighted by Crippen LogP contribution is -2.08. The molecule has 1 aliphatic carbocycles. The Bertz CT molecular complexity index is 3640. The topological polar surface area (TPSA) is 56.5 Å². The minimum Gasteiger partial charge on any atom is -0.309 e. The number of benzene rings is 8. The molecule has 0 saturated heterocycles. The van der Waals surface area contributed by atoms with E-state index < -0.39 is 0 Å². The minimum atomic E-state index is 0.0185. The number of nitrogens with zero attached hydrogens (tertiary/aromatic N) is 5. The zero-order valence-corrected chi connectivity index (χ0v) is 36.6. The average molecular weight is 858 g/mol. The molecule has 0 spiro atoms. The second-order valence-corrected chi connectivity index (χ2v) is 17.0. The molecule has 67 heavy (non-hydrogen) atoms. The van der Waals surface area contributed by atoms with Crippen LogP contribution in [0.5, 0.6) is 0 Å². The third-order valence-corrected chi connectivity index (χ3v) is 12.8. The zero-order valence-electron chi connectivity index (χ0n) is 36.6. The molecule has 0 fully saturated rings. The van der Waals surface area contributed by atoms with Crippen LogP contribution in [0.4, 0.5) is 0 Å². The SMILES string of the molecule is C1=C(c2ccccc2)C=C(c2ccccc2)CC1c1ccnc(-c2nc(-c3ccccc3)cc(-c3cccc(-c4cccc5c4c4cc(-c6ccccc6)ccc4n5-c4ccccc4)c3)n2)n1. The van der Waals surface area contributed by atoms with Crippen LogP contribution in [0.25, 0.3) is 95.1 Å². The van der Waals surface area contributed by atoms with E-state index in [0.29, 0.717) is 11.6 Å². The molecule has 3 aromatic heterocycles. The number of hydrogen-bond acceptors (Lipinski definition) is 4. The van der Waals surface area contributed by atoms with E-state index in [2.05, 4.69) is 217 Å². The molecule has 11 aromatic rings. The van der Waals surface area contributed by atoms with E-state index in [9.17, 15) is 0 Å².